The van der Waals surface area contributed by atoms with Crippen LogP contribution in [0.5, 0.6) is 5.75 Å². The number of phenols is 1. The first-order chi connectivity index (χ1) is 9.70. The van der Waals surface area contributed by atoms with Crippen LogP contribution < -0.4 is 5.32 Å². The third-order valence-corrected chi connectivity index (χ3v) is 6.93. The fourth-order valence-electron chi connectivity index (χ4n) is 2.61. The number of benzene rings is 1. The Bertz CT molecular complexity index is 396. The molecule has 1 heterocycles. The van der Waals surface area contributed by atoms with E-state index in [9.17, 15) is 5.11 Å². The van der Waals surface area contributed by atoms with Crippen LogP contribution in [-0.4, -0.2) is 39.7 Å². The van der Waals surface area contributed by atoms with Gasteiger partial charge in [0.25, 0.3) is 0 Å². The Morgan fingerprint density at radius 3 is 2.60 bits per heavy atom. The van der Waals surface area contributed by atoms with Crippen LogP contribution in [0.4, 0.5) is 0 Å². The van der Waals surface area contributed by atoms with Gasteiger partial charge >= 0.3 is 0 Å². The molecular formula is C16H25NOS2. The quantitative estimate of drug-likeness (QED) is 0.842. The summed E-state index contributed by atoms with van der Waals surface area (Å²) in [6, 6.07) is 8.19. The van der Waals surface area contributed by atoms with Crippen molar-refractivity contribution < 1.29 is 5.11 Å². The van der Waals surface area contributed by atoms with Crippen molar-refractivity contribution in [3.8, 4) is 5.75 Å². The Morgan fingerprint density at radius 1 is 1.25 bits per heavy atom. The topological polar surface area (TPSA) is 32.3 Å². The lowest BCUT2D eigenvalue weighted by Crippen LogP contribution is -2.46. The minimum atomic E-state index is 0.350. The number of aromatic hydroxyl groups is 1. The molecule has 0 radical (unpaired) electrons. The molecule has 3 atom stereocenters. The molecule has 1 aromatic carbocycles. The van der Waals surface area contributed by atoms with Gasteiger partial charge in [0.1, 0.15) is 5.75 Å². The smallest absolute Gasteiger partial charge is 0.115 e. The lowest BCUT2D eigenvalue weighted by Gasteiger charge is -2.35. The van der Waals surface area contributed by atoms with Gasteiger partial charge in [-0.2, -0.15) is 23.5 Å². The zero-order valence-corrected chi connectivity index (χ0v) is 14.0. The largest absolute Gasteiger partial charge is 0.508 e. The monoisotopic (exact) mass is 311 g/mol. The van der Waals surface area contributed by atoms with Crippen LogP contribution in [0.3, 0.4) is 0 Å². The highest BCUT2D eigenvalue weighted by Crippen LogP contribution is 2.34. The number of hydrogen-bond donors (Lipinski definition) is 2. The predicted molar refractivity (Wildman–Crippen MR) is 92.1 cm³/mol. The van der Waals surface area contributed by atoms with Crippen LogP contribution >= 0.6 is 23.5 Å². The van der Waals surface area contributed by atoms with Crippen LogP contribution in [0.2, 0.25) is 0 Å². The molecular weight excluding hydrogens is 286 g/mol. The van der Waals surface area contributed by atoms with E-state index < -0.39 is 0 Å². The molecule has 0 aliphatic carbocycles. The van der Waals surface area contributed by atoms with Crippen molar-refractivity contribution in [2.75, 3.05) is 18.1 Å². The van der Waals surface area contributed by atoms with Crippen LogP contribution in [0.25, 0.3) is 0 Å². The Balaban J connectivity index is 2.03. The second-order valence-corrected chi connectivity index (χ2v) is 8.11. The van der Waals surface area contributed by atoms with Crippen molar-refractivity contribution in [3.05, 3.63) is 29.8 Å². The van der Waals surface area contributed by atoms with E-state index in [2.05, 4.69) is 42.7 Å². The summed E-state index contributed by atoms with van der Waals surface area (Å²) < 4.78 is 0. The van der Waals surface area contributed by atoms with Crippen LogP contribution in [0.1, 0.15) is 25.8 Å². The Morgan fingerprint density at radius 2 is 1.95 bits per heavy atom. The minimum absolute atomic E-state index is 0.350. The number of thioether (sulfide) groups is 2. The Kier molecular flexibility index (Phi) is 6.59. The molecule has 3 unspecified atom stereocenters. The van der Waals surface area contributed by atoms with Crippen LogP contribution in [-0.2, 0) is 6.42 Å². The van der Waals surface area contributed by atoms with Crippen molar-refractivity contribution >= 4 is 23.5 Å². The third-order valence-electron chi connectivity index (χ3n) is 3.68. The van der Waals surface area contributed by atoms with Crippen molar-refractivity contribution in [1.82, 2.24) is 5.32 Å². The lowest BCUT2D eigenvalue weighted by molar-refractivity contribution is 0.472. The fourth-order valence-corrected chi connectivity index (χ4v) is 5.57. The standard InChI is InChI=1S/C16H25NOS2/c1-3-8-17-15(16-12(2)19-9-10-20-16)11-13-4-6-14(18)7-5-13/h4-7,12,15-18H,3,8-11H2,1-2H3. The summed E-state index contributed by atoms with van der Waals surface area (Å²) in [5.74, 6) is 2.89. The highest BCUT2D eigenvalue weighted by molar-refractivity contribution is 8.07. The van der Waals surface area contributed by atoms with Gasteiger partial charge in [-0.05, 0) is 37.1 Å². The third kappa shape index (κ3) is 4.61. The maximum absolute atomic E-state index is 9.40. The van der Waals surface area contributed by atoms with Gasteiger partial charge < -0.3 is 10.4 Å². The van der Waals surface area contributed by atoms with Gasteiger partial charge in [-0.15, -0.1) is 0 Å². The second kappa shape index (κ2) is 8.20. The van der Waals surface area contributed by atoms with Gasteiger partial charge in [-0.1, -0.05) is 26.0 Å². The summed E-state index contributed by atoms with van der Waals surface area (Å²) >= 11 is 4.22. The average molecular weight is 312 g/mol. The number of rotatable bonds is 6. The molecule has 1 fully saturated rings. The molecule has 20 heavy (non-hydrogen) atoms. The Labute approximate surface area is 131 Å². The van der Waals surface area contributed by atoms with Gasteiger partial charge in [0, 0.05) is 28.0 Å². The summed E-state index contributed by atoms with van der Waals surface area (Å²) in [6.45, 7) is 5.66. The molecule has 2 nitrogen and oxygen atoms in total. The zero-order chi connectivity index (χ0) is 14.4. The van der Waals surface area contributed by atoms with E-state index in [1.807, 2.05) is 12.1 Å². The Hall–Kier alpha value is -0.320. The molecule has 2 rings (SSSR count). The molecule has 0 amide bonds. The summed E-state index contributed by atoms with van der Waals surface area (Å²) in [5.41, 5.74) is 1.31. The molecule has 2 N–H and O–H groups in total. The molecule has 4 heteroatoms. The van der Waals surface area contributed by atoms with Crippen LogP contribution in [0, 0.1) is 0 Å². The van der Waals surface area contributed by atoms with E-state index in [1.54, 1.807) is 12.1 Å². The van der Waals surface area contributed by atoms with E-state index in [0.29, 0.717) is 22.3 Å². The van der Waals surface area contributed by atoms with Crippen LogP contribution in [0.15, 0.2) is 24.3 Å². The average Bonchev–Trinajstić information content (AvgIpc) is 2.46. The SMILES string of the molecule is CCCNC(Cc1ccc(O)cc1)C1SCCSC1C. The highest BCUT2D eigenvalue weighted by atomic mass is 32.2. The number of phenolic OH excluding ortho intramolecular Hbond substituents is 1. The maximum atomic E-state index is 9.40. The molecule has 0 spiro atoms. The van der Waals surface area contributed by atoms with Crippen molar-refractivity contribution in [2.45, 2.75) is 43.2 Å². The van der Waals surface area contributed by atoms with E-state index in [4.69, 9.17) is 0 Å². The van der Waals surface area contributed by atoms with Gasteiger partial charge in [0.05, 0.1) is 0 Å². The molecule has 1 saturated heterocycles. The van der Waals surface area contributed by atoms with E-state index >= 15 is 0 Å². The van der Waals surface area contributed by atoms with Gasteiger partial charge in [0.15, 0.2) is 0 Å². The molecule has 0 saturated carbocycles. The molecule has 1 aliphatic rings. The number of hydrogen-bond acceptors (Lipinski definition) is 4. The normalized spacial score (nSPS) is 24.5. The fraction of sp³-hybridized carbons (Fsp3) is 0.625. The molecule has 1 aliphatic heterocycles. The van der Waals surface area contributed by atoms with Gasteiger partial charge in [0.2, 0.25) is 0 Å². The van der Waals surface area contributed by atoms with Crippen molar-refractivity contribution in [1.29, 1.82) is 0 Å². The molecule has 1 aromatic rings. The summed E-state index contributed by atoms with van der Waals surface area (Å²) in [4.78, 5) is 0. The first-order valence-electron chi connectivity index (χ1n) is 7.45. The lowest BCUT2D eigenvalue weighted by atomic mass is 10.0. The molecule has 0 aromatic heterocycles. The van der Waals surface area contributed by atoms with Crippen molar-refractivity contribution in [2.24, 2.45) is 0 Å². The van der Waals surface area contributed by atoms with Crippen molar-refractivity contribution in [3.63, 3.8) is 0 Å². The first kappa shape index (κ1) is 16.1. The summed E-state index contributed by atoms with van der Waals surface area (Å²) in [6.07, 6.45) is 2.22. The van der Waals surface area contributed by atoms with E-state index in [1.165, 1.54) is 23.5 Å². The van der Waals surface area contributed by atoms with E-state index in [-0.39, 0.29) is 0 Å². The first-order valence-corrected chi connectivity index (χ1v) is 9.55. The summed E-state index contributed by atoms with van der Waals surface area (Å²) in [7, 11) is 0. The minimum Gasteiger partial charge on any atom is -0.508 e. The van der Waals surface area contributed by atoms with E-state index in [0.717, 1.165) is 13.0 Å². The zero-order valence-electron chi connectivity index (χ0n) is 12.3. The summed E-state index contributed by atoms with van der Waals surface area (Å²) in [5, 5.41) is 14.5. The second-order valence-electron chi connectivity index (χ2n) is 5.34. The maximum Gasteiger partial charge on any atom is 0.115 e. The molecule has 112 valence electrons. The molecule has 0 bridgehead atoms. The van der Waals surface area contributed by atoms with Gasteiger partial charge in [-0.3, -0.25) is 0 Å². The van der Waals surface area contributed by atoms with Gasteiger partial charge in [-0.25, -0.2) is 0 Å². The number of nitrogens with one attached hydrogen (secondary N) is 1. The highest BCUT2D eigenvalue weighted by Gasteiger charge is 2.30. The predicted octanol–water partition coefficient (Wildman–Crippen LogP) is 3.54.